The minimum absolute atomic E-state index is 0.199. The van der Waals surface area contributed by atoms with Gasteiger partial charge in [-0.15, -0.1) is 0 Å². The van der Waals surface area contributed by atoms with Gasteiger partial charge in [0.2, 0.25) is 5.91 Å². The average molecular weight is 338 g/mol. The summed E-state index contributed by atoms with van der Waals surface area (Å²) < 4.78 is 23.9. The lowest BCUT2D eigenvalue weighted by molar-refractivity contribution is -0.133. The number of carbonyl (C=O) groups is 1. The Morgan fingerprint density at radius 2 is 2.00 bits per heavy atom. The van der Waals surface area contributed by atoms with Crippen molar-refractivity contribution in [3.8, 4) is 5.75 Å². The van der Waals surface area contributed by atoms with E-state index in [0.29, 0.717) is 26.2 Å². The fourth-order valence-corrected chi connectivity index (χ4v) is 2.85. The number of benzene rings is 1. The number of piperazine rings is 1. The van der Waals surface area contributed by atoms with Gasteiger partial charge in [0.15, 0.2) is 11.6 Å². The SMILES string of the molecule is CCOCCCC(=O)N1CCN(Cc2ccc(OC)c(F)c2)CC1. The maximum absolute atomic E-state index is 13.7. The monoisotopic (exact) mass is 338 g/mol. The summed E-state index contributed by atoms with van der Waals surface area (Å²) in [4.78, 5) is 16.3. The van der Waals surface area contributed by atoms with Crippen LogP contribution in [0.3, 0.4) is 0 Å². The summed E-state index contributed by atoms with van der Waals surface area (Å²) >= 11 is 0. The number of ether oxygens (including phenoxy) is 2. The van der Waals surface area contributed by atoms with Crippen LogP contribution in [0.4, 0.5) is 4.39 Å². The second kappa shape index (κ2) is 9.59. The number of hydrogen-bond acceptors (Lipinski definition) is 4. The standard InChI is InChI=1S/C18H27FN2O3/c1-3-24-12-4-5-18(22)21-10-8-20(9-11-21)14-15-6-7-17(23-2)16(19)13-15/h6-7,13H,3-5,8-12,14H2,1-2H3. The van der Waals surface area contributed by atoms with Gasteiger partial charge in [-0.05, 0) is 31.0 Å². The minimum Gasteiger partial charge on any atom is -0.494 e. The molecule has 0 radical (unpaired) electrons. The zero-order chi connectivity index (χ0) is 17.4. The molecule has 6 heteroatoms. The average Bonchev–Trinajstić information content (AvgIpc) is 2.59. The van der Waals surface area contributed by atoms with Crippen molar-refractivity contribution < 1.29 is 18.7 Å². The number of hydrogen-bond donors (Lipinski definition) is 0. The summed E-state index contributed by atoms with van der Waals surface area (Å²) in [6.07, 6.45) is 1.32. The molecule has 0 saturated carbocycles. The zero-order valence-electron chi connectivity index (χ0n) is 14.6. The maximum atomic E-state index is 13.7. The third kappa shape index (κ3) is 5.46. The molecule has 0 aromatic heterocycles. The van der Waals surface area contributed by atoms with Gasteiger partial charge in [-0.25, -0.2) is 4.39 Å². The second-order valence-corrected chi connectivity index (χ2v) is 5.93. The number of rotatable bonds is 8. The van der Waals surface area contributed by atoms with Crippen LogP contribution in [0.1, 0.15) is 25.3 Å². The van der Waals surface area contributed by atoms with E-state index < -0.39 is 0 Å². The van der Waals surface area contributed by atoms with Crippen LogP contribution in [0.5, 0.6) is 5.75 Å². The second-order valence-electron chi connectivity index (χ2n) is 5.93. The molecule has 1 fully saturated rings. The normalized spacial score (nSPS) is 15.5. The van der Waals surface area contributed by atoms with E-state index in [1.807, 2.05) is 17.9 Å². The molecule has 0 spiro atoms. The van der Waals surface area contributed by atoms with E-state index in [9.17, 15) is 9.18 Å². The smallest absolute Gasteiger partial charge is 0.222 e. The molecular formula is C18H27FN2O3. The molecule has 0 atom stereocenters. The molecule has 1 aliphatic rings. The van der Waals surface area contributed by atoms with Crippen LogP contribution in [0.2, 0.25) is 0 Å². The van der Waals surface area contributed by atoms with Crippen molar-refractivity contribution in [3.63, 3.8) is 0 Å². The highest BCUT2D eigenvalue weighted by molar-refractivity contribution is 5.76. The van der Waals surface area contributed by atoms with Crippen molar-refractivity contribution in [2.45, 2.75) is 26.3 Å². The van der Waals surface area contributed by atoms with Gasteiger partial charge in [0, 0.05) is 52.4 Å². The van der Waals surface area contributed by atoms with Crippen molar-refractivity contribution >= 4 is 5.91 Å². The molecule has 24 heavy (non-hydrogen) atoms. The highest BCUT2D eigenvalue weighted by Crippen LogP contribution is 2.19. The van der Waals surface area contributed by atoms with Crippen LogP contribution in [0.15, 0.2) is 18.2 Å². The first-order valence-corrected chi connectivity index (χ1v) is 8.54. The molecule has 0 aliphatic carbocycles. The lowest BCUT2D eigenvalue weighted by Crippen LogP contribution is -2.48. The summed E-state index contributed by atoms with van der Waals surface area (Å²) in [6.45, 7) is 7.06. The molecular weight excluding hydrogens is 311 g/mol. The fourth-order valence-electron chi connectivity index (χ4n) is 2.85. The van der Waals surface area contributed by atoms with Gasteiger partial charge in [-0.3, -0.25) is 9.69 Å². The Hall–Kier alpha value is -1.66. The van der Waals surface area contributed by atoms with Crippen LogP contribution in [-0.2, 0) is 16.1 Å². The van der Waals surface area contributed by atoms with Gasteiger partial charge in [0.1, 0.15) is 0 Å². The van der Waals surface area contributed by atoms with Crippen LogP contribution in [0.25, 0.3) is 0 Å². The Kier molecular flexibility index (Phi) is 7.46. The van der Waals surface area contributed by atoms with Crippen molar-refractivity contribution in [2.24, 2.45) is 0 Å². The number of amides is 1. The van der Waals surface area contributed by atoms with E-state index in [0.717, 1.165) is 38.2 Å². The van der Waals surface area contributed by atoms with E-state index in [4.69, 9.17) is 9.47 Å². The Morgan fingerprint density at radius 3 is 2.62 bits per heavy atom. The fraction of sp³-hybridized carbons (Fsp3) is 0.611. The van der Waals surface area contributed by atoms with E-state index in [1.165, 1.54) is 13.2 Å². The van der Waals surface area contributed by atoms with Gasteiger partial charge in [0.25, 0.3) is 0 Å². The lowest BCUT2D eigenvalue weighted by atomic mass is 10.1. The molecule has 1 aromatic carbocycles. The molecule has 1 aliphatic heterocycles. The van der Waals surface area contributed by atoms with E-state index >= 15 is 0 Å². The third-order valence-corrected chi connectivity index (χ3v) is 4.23. The lowest BCUT2D eigenvalue weighted by Gasteiger charge is -2.34. The first-order valence-electron chi connectivity index (χ1n) is 8.54. The molecule has 5 nitrogen and oxygen atoms in total. The Labute approximate surface area is 143 Å². The van der Waals surface area contributed by atoms with E-state index in [2.05, 4.69) is 4.90 Å². The molecule has 1 aromatic rings. The van der Waals surface area contributed by atoms with Gasteiger partial charge in [-0.2, -0.15) is 0 Å². The Bertz CT molecular complexity index is 531. The first kappa shape index (κ1) is 18.7. The number of carbonyl (C=O) groups excluding carboxylic acids is 1. The predicted molar refractivity (Wildman–Crippen MR) is 90.5 cm³/mol. The van der Waals surface area contributed by atoms with Gasteiger partial charge in [-0.1, -0.05) is 6.07 Å². The number of methoxy groups -OCH3 is 1. The van der Waals surface area contributed by atoms with Crippen molar-refractivity contribution in [1.82, 2.24) is 9.80 Å². The molecule has 134 valence electrons. The molecule has 1 saturated heterocycles. The largest absolute Gasteiger partial charge is 0.494 e. The van der Waals surface area contributed by atoms with E-state index in [-0.39, 0.29) is 17.5 Å². The Balaban J connectivity index is 1.74. The van der Waals surface area contributed by atoms with Crippen molar-refractivity contribution in [1.29, 1.82) is 0 Å². The van der Waals surface area contributed by atoms with E-state index in [1.54, 1.807) is 6.07 Å². The first-order chi connectivity index (χ1) is 11.6. The van der Waals surface area contributed by atoms with Crippen LogP contribution >= 0.6 is 0 Å². The topological polar surface area (TPSA) is 42.0 Å². The molecule has 0 bridgehead atoms. The summed E-state index contributed by atoms with van der Waals surface area (Å²) in [5.41, 5.74) is 0.921. The van der Waals surface area contributed by atoms with Crippen molar-refractivity contribution in [3.05, 3.63) is 29.6 Å². The maximum Gasteiger partial charge on any atom is 0.222 e. The summed E-state index contributed by atoms with van der Waals surface area (Å²) in [5, 5.41) is 0. The zero-order valence-corrected chi connectivity index (χ0v) is 14.6. The van der Waals surface area contributed by atoms with Gasteiger partial charge < -0.3 is 14.4 Å². The quantitative estimate of drug-likeness (QED) is 0.682. The number of halogens is 1. The van der Waals surface area contributed by atoms with Crippen LogP contribution < -0.4 is 4.74 Å². The summed E-state index contributed by atoms with van der Waals surface area (Å²) in [7, 11) is 1.46. The molecule has 1 amide bonds. The van der Waals surface area contributed by atoms with Crippen LogP contribution in [-0.4, -0.2) is 62.2 Å². The highest BCUT2D eigenvalue weighted by Gasteiger charge is 2.21. The van der Waals surface area contributed by atoms with Gasteiger partial charge in [0.05, 0.1) is 7.11 Å². The van der Waals surface area contributed by atoms with Crippen molar-refractivity contribution in [2.75, 3.05) is 46.5 Å². The summed E-state index contributed by atoms with van der Waals surface area (Å²) in [5.74, 6) is 0.129. The number of nitrogens with zero attached hydrogens (tertiary/aromatic N) is 2. The van der Waals surface area contributed by atoms with Crippen LogP contribution in [0, 0.1) is 5.82 Å². The molecule has 2 rings (SSSR count). The Morgan fingerprint density at radius 1 is 1.25 bits per heavy atom. The summed E-state index contributed by atoms with van der Waals surface area (Å²) in [6, 6.07) is 5.06. The predicted octanol–water partition coefficient (Wildman–Crippen LogP) is 2.30. The minimum atomic E-state index is -0.335. The molecule has 0 N–H and O–H groups in total. The third-order valence-electron chi connectivity index (χ3n) is 4.23. The van der Waals surface area contributed by atoms with Gasteiger partial charge >= 0.3 is 0 Å². The molecule has 1 heterocycles. The highest BCUT2D eigenvalue weighted by atomic mass is 19.1. The molecule has 0 unspecified atom stereocenters.